The summed E-state index contributed by atoms with van der Waals surface area (Å²) in [6.07, 6.45) is 2.13. The van der Waals surface area contributed by atoms with Crippen LogP contribution in [0.15, 0.2) is 63.5 Å². The van der Waals surface area contributed by atoms with Crippen molar-refractivity contribution in [1.29, 1.82) is 0 Å². The number of hydrogen-bond acceptors (Lipinski definition) is 8. The number of nitrogens with zero attached hydrogens (tertiary/aromatic N) is 2. The maximum atomic E-state index is 13.7. The summed E-state index contributed by atoms with van der Waals surface area (Å²) in [5, 5.41) is 0.341. The van der Waals surface area contributed by atoms with Gasteiger partial charge in [-0.25, -0.2) is 14.6 Å². The lowest BCUT2D eigenvalue weighted by Gasteiger charge is -2.25. The Morgan fingerprint density at radius 1 is 1.13 bits per heavy atom. The van der Waals surface area contributed by atoms with Gasteiger partial charge in [0.15, 0.2) is 17.2 Å². The molecule has 0 fully saturated rings. The number of ether oxygens (including phenoxy) is 3. The Bertz CT molecular complexity index is 1570. The Balaban J connectivity index is 1.81. The van der Waals surface area contributed by atoms with E-state index in [0.717, 1.165) is 5.56 Å². The third kappa shape index (κ3) is 5.55. The van der Waals surface area contributed by atoms with Crippen LogP contribution in [0.5, 0.6) is 5.75 Å². The lowest BCUT2D eigenvalue weighted by atomic mass is 9.95. The molecule has 1 aliphatic heterocycles. The number of allylic oxidation sites excluding steroid dienone is 1. The molecule has 8 nitrogen and oxygen atoms in total. The molecule has 0 spiro atoms. The van der Waals surface area contributed by atoms with Gasteiger partial charge in [0.05, 0.1) is 45.6 Å². The Morgan fingerprint density at radius 3 is 2.42 bits per heavy atom. The van der Waals surface area contributed by atoms with Crippen LogP contribution in [0, 0.1) is 0 Å². The van der Waals surface area contributed by atoms with Crippen LogP contribution < -0.4 is 19.6 Å². The molecule has 3 aromatic rings. The van der Waals surface area contributed by atoms with Crippen LogP contribution in [0.25, 0.3) is 6.08 Å². The number of hydrogen-bond donors (Lipinski definition) is 0. The second-order valence-corrected chi connectivity index (χ2v) is 9.93. The number of benzene rings is 2. The van der Waals surface area contributed by atoms with E-state index in [1.165, 1.54) is 23.0 Å². The molecule has 2 aromatic carbocycles. The summed E-state index contributed by atoms with van der Waals surface area (Å²) >= 11 is 13.9. The number of methoxy groups -OCH3 is 1. The van der Waals surface area contributed by atoms with Crippen LogP contribution in [0.1, 0.15) is 37.4 Å². The Labute approximate surface area is 232 Å². The molecule has 0 amide bonds. The van der Waals surface area contributed by atoms with E-state index in [-0.39, 0.29) is 34.6 Å². The van der Waals surface area contributed by atoms with Gasteiger partial charge < -0.3 is 14.2 Å². The minimum atomic E-state index is -0.692. The van der Waals surface area contributed by atoms with Gasteiger partial charge in [0.1, 0.15) is 0 Å². The topological polar surface area (TPSA) is 96.2 Å². The van der Waals surface area contributed by atoms with Crippen molar-refractivity contribution in [1.82, 2.24) is 4.57 Å². The van der Waals surface area contributed by atoms with Crippen molar-refractivity contribution in [3.05, 3.63) is 94.6 Å². The van der Waals surface area contributed by atoms with Crippen molar-refractivity contribution in [3.63, 3.8) is 0 Å². The number of carbonyl (C=O) groups excluding carboxylic acids is 2. The number of esters is 2. The second-order valence-electron chi connectivity index (χ2n) is 8.11. The first kappa shape index (κ1) is 27.6. The van der Waals surface area contributed by atoms with Gasteiger partial charge in [-0.05, 0) is 42.7 Å². The van der Waals surface area contributed by atoms with Crippen molar-refractivity contribution in [2.24, 2.45) is 4.99 Å². The SMILES string of the molecule is CCOC(=O)COc1c(Cl)cc(/C=c2\sc3n(c2=O)[C@H](c2ccccc2)C(C(=O)OC)=C(CC)N=3)cc1Cl. The van der Waals surface area contributed by atoms with E-state index >= 15 is 0 Å². The first-order chi connectivity index (χ1) is 18.3. The maximum Gasteiger partial charge on any atom is 0.344 e. The van der Waals surface area contributed by atoms with Gasteiger partial charge in [0, 0.05) is 0 Å². The van der Waals surface area contributed by atoms with Crippen LogP contribution in [0.2, 0.25) is 10.0 Å². The number of aromatic nitrogens is 1. The third-order valence-corrected chi connectivity index (χ3v) is 7.27. The van der Waals surface area contributed by atoms with E-state index in [4.69, 9.17) is 37.4 Å². The molecular weight excluding hydrogens is 551 g/mol. The molecule has 0 radical (unpaired) electrons. The lowest BCUT2D eigenvalue weighted by molar-refractivity contribution is -0.145. The van der Waals surface area contributed by atoms with Crippen LogP contribution >= 0.6 is 34.5 Å². The van der Waals surface area contributed by atoms with Crippen LogP contribution in [-0.4, -0.2) is 36.8 Å². The van der Waals surface area contributed by atoms with Gasteiger partial charge in [-0.15, -0.1) is 0 Å². The summed E-state index contributed by atoms with van der Waals surface area (Å²) in [5.41, 5.74) is 1.87. The maximum absolute atomic E-state index is 13.7. The highest BCUT2D eigenvalue weighted by molar-refractivity contribution is 7.07. The molecule has 0 N–H and O–H groups in total. The van der Waals surface area contributed by atoms with E-state index in [9.17, 15) is 14.4 Å². The molecule has 0 saturated carbocycles. The smallest absolute Gasteiger partial charge is 0.344 e. The van der Waals surface area contributed by atoms with E-state index in [2.05, 4.69) is 4.99 Å². The van der Waals surface area contributed by atoms with Crippen molar-refractivity contribution in [2.45, 2.75) is 26.3 Å². The highest BCUT2D eigenvalue weighted by atomic mass is 35.5. The highest BCUT2D eigenvalue weighted by Crippen LogP contribution is 2.35. The Morgan fingerprint density at radius 2 is 1.82 bits per heavy atom. The van der Waals surface area contributed by atoms with Gasteiger partial charge in [-0.1, -0.05) is 71.8 Å². The zero-order valence-electron chi connectivity index (χ0n) is 20.8. The second kappa shape index (κ2) is 12.0. The van der Waals surface area contributed by atoms with Crippen LogP contribution in [0.3, 0.4) is 0 Å². The van der Waals surface area contributed by atoms with Crippen molar-refractivity contribution in [2.75, 3.05) is 20.3 Å². The van der Waals surface area contributed by atoms with E-state index in [1.807, 2.05) is 37.3 Å². The first-order valence-electron chi connectivity index (χ1n) is 11.7. The molecule has 0 saturated heterocycles. The fourth-order valence-corrected chi connectivity index (χ4v) is 5.73. The first-order valence-corrected chi connectivity index (χ1v) is 13.3. The molecule has 38 heavy (non-hydrogen) atoms. The third-order valence-electron chi connectivity index (χ3n) is 5.72. The van der Waals surface area contributed by atoms with Gasteiger partial charge in [-0.2, -0.15) is 0 Å². The number of thiazole rings is 1. The summed E-state index contributed by atoms with van der Waals surface area (Å²) in [6.45, 7) is 3.48. The quantitative estimate of drug-likeness (QED) is 0.377. The number of rotatable bonds is 8. The molecule has 11 heteroatoms. The fourth-order valence-electron chi connectivity index (χ4n) is 4.10. The van der Waals surface area contributed by atoms with E-state index in [0.29, 0.717) is 32.6 Å². The molecule has 2 heterocycles. The standard InChI is InChI=1S/C27H24Cl2N2O6S/c1-4-19-22(26(34)35-3)23(16-9-7-6-8-10-16)31-25(33)20(38-27(31)30-19)13-15-11-17(28)24(18(29)12-15)37-14-21(32)36-5-2/h6-13,23H,4-5,14H2,1-3H3/b20-13-/t23-/m1/s1. The van der Waals surface area contributed by atoms with Gasteiger partial charge in [0.25, 0.3) is 5.56 Å². The molecule has 198 valence electrons. The predicted octanol–water partition coefficient (Wildman–Crippen LogP) is 4.05. The fraction of sp³-hybridized carbons (Fsp3) is 0.259. The number of carbonyl (C=O) groups is 2. The molecule has 0 unspecified atom stereocenters. The summed E-state index contributed by atoms with van der Waals surface area (Å²) in [5.74, 6) is -0.944. The van der Waals surface area contributed by atoms with Crippen molar-refractivity contribution in [3.8, 4) is 5.75 Å². The lowest BCUT2D eigenvalue weighted by Crippen LogP contribution is -2.40. The number of fused-ring (bicyclic) bond motifs is 1. The molecule has 4 rings (SSSR count). The van der Waals surface area contributed by atoms with Crippen molar-refractivity contribution < 1.29 is 23.8 Å². The minimum absolute atomic E-state index is 0.138. The molecule has 1 atom stereocenters. The monoisotopic (exact) mass is 574 g/mol. The molecule has 1 aromatic heterocycles. The Hall–Kier alpha value is -3.40. The van der Waals surface area contributed by atoms with Gasteiger partial charge in [0.2, 0.25) is 0 Å². The average molecular weight is 575 g/mol. The Kier molecular flexibility index (Phi) is 8.71. The highest BCUT2D eigenvalue weighted by Gasteiger charge is 2.33. The van der Waals surface area contributed by atoms with Crippen molar-refractivity contribution >= 4 is 52.6 Å². The summed E-state index contributed by atoms with van der Waals surface area (Å²) in [4.78, 5) is 43.3. The predicted molar refractivity (Wildman–Crippen MR) is 145 cm³/mol. The molecule has 0 aliphatic carbocycles. The average Bonchev–Trinajstić information content (AvgIpc) is 3.21. The summed E-state index contributed by atoms with van der Waals surface area (Å²) in [6, 6.07) is 11.8. The minimum Gasteiger partial charge on any atom is -0.479 e. The zero-order chi connectivity index (χ0) is 27.4. The number of halogens is 2. The zero-order valence-corrected chi connectivity index (χ0v) is 23.2. The normalized spacial score (nSPS) is 15.1. The van der Waals surface area contributed by atoms with E-state index in [1.54, 1.807) is 25.1 Å². The largest absolute Gasteiger partial charge is 0.479 e. The summed E-state index contributed by atoms with van der Waals surface area (Å²) in [7, 11) is 1.31. The molecular formula is C27H24Cl2N2O6S. The van der Waals surface area contributed by atoms with Crippen LogP contribution in [-0.2, 0) is 19.1 Å². The summed E-state index contributed by atoms with van der Waals surface area (Å²) < 4.78 is 17.2. The molecule has 0 bridgehead atoms. The van der Waals surface area contributed by atoms with Gasteiger partial charge in [-0.3, -0.25) is 9.36 Å². The van der Waals surface area contributed by atoms with Gasteiger partial charge >= 0.3 is 11.9 Å². The van der Waals surface area contributed by atoms with E-state index < -0.39 is 18.0 Å². The van der Waals surface area contributed by atoms with Crippen LogP contribution in [0.4, 0.5) is 0 Å². The molecule has 1 aliphatic rings.